The van der Waals surface area contributed by atoms with Gasteiger partial charge in [0.2, 0.25) is 0 Å². The zero-order chi connectivity index (χ0) is 37.3. The van der Waals surface area contributed by atoms with Crippen molar-refractivity contribution < 1.29 is 37.1 Å². The second-order valence-electron chi connectivity index (χ2n) is 10.4. The van der Waals surface area contributed by atoms with Gasteiger partial charge < -0.3 is 46.9 Å². The summed E-state index contributed by atoms with van der Waals surface area (Å²) in [6.45, 7) is 13.1. The Morgan fingerprint density at radius 1 is 0.686 bits per heavy atom. The van der Waals surface area contributed by atoms with Crippen LogP contribution in [-0.2, 0) is 45.3 Å². The monoisotopic (exact) mass is 754 g/mol. The topological polar surface area (TPSA) is 219 Å². The maximum Gasteiger partial charge on any atom is 0.355 e. The van der Waals surface area contributed by atoms with Crippen LogP contribution in [0.4, 0.5) is 11.6 Å². The van der Waals surface area contributed by atoms with Crippen LogP contribution >= 0.6 is 15.2 Å². The van der Waals surface area contributed by atoms with Gasteiger partial charge in [-0.25, -0.2) is 39.9 Å². The van der Waals surface area contributed by atoms with Crippen molar-refractivity contribution in [1.29, 1.82) is 0 Å². The van der Waals surface area contributed by atoms with E-state index in [1.807, 2.05) is 9.47 Å². The molecule has 0 saturated carbocycles. The van der Waals surface area contributed by atoms with Gasteiger partial charge in [-0.2, -0.15) is 0 Å². The van der Waals surface area contributed by atoms with Crippen molar-refractivity contribution in [2.24, 2.45) is 9.98 Å². The zero-order valence-corrected chi connectivity index (χ0v) is 31.9. The third-order valence-corrected chi connectivity index (χ3v) is 10.1. The van der Waals surface area contributed by atoms with Gasteiger partial charge in [0.15, 0.2) is 34.0 Å². The molecule has 4 rings (SSSR count). The van der Waals surface area contributed by atoms with E-state index in [-0.39, 0.29) is 19.3 Å². The summed E-state index contributed by atoms with van der Waals surface area (Å²) in [5, 5.41) is 0. The van der Waals surface area contributed by atoms with Crippen LogP contribution in [0.25, 0.3) is 22.3 Å². The predicted octanol–water partition coefficient (Wildman–Crippen LogP) is 3.92. The van der Waals surface area contributed by atoms with Gasteiger partial charge >= 0.3 is 15.2 Å². The normalized spacial score (nSPS) is 13.3. The summed E-state index contributed by atoms with van der Waals surface area (Å²) < 4.78 is 51.5. The molecule has 0 spiro atoms. The Balaban J connectivity index is 0.000000276. The minimum atomic E-state index is -3.66. The number of hydrogen-bond donors (Lipinski definition) is 1. The Bertz CT molecular complexity index is 1790. The molecule has 4 heterocycles. The van der Waals surface area contributed by atoms with E-state index in [4.69, 9.17) is 18.5 Å². The third kappa shape index (κ3) is 12.5. The van der Waals surface area contributed by atoms with Crippen molar-refractivity contribution in [3.63, 3.8) is 0 Å². The minimum absolute atomic E-state index is 0.110. The van der Waals surface area contributed by atoms with E-state index in [2.05, 4.69) is 77.0 Å². The number of rotatable bonds is 21. The molecule has 4 aromatic heterocycles. The van der Waals surface area contributed by atoms with Crippen molar-refractivity contribution in [2.45, 2.75) is 40.8 Å². The summed E-state index contributed by atoms with van der Waals surface area (Å²) in [5.74, 6) is 1.01. The third-order valence-electron chi connectivity index (χ3n) is 7.37. The summed E-state index contributed by atoms with van der Waals surface area (Å²) >= 11 is 0. The maximum atomic E-state index is 11.9. The number of nitrogens with zero attached hydrogens (tertiary/aromatic N) is 12. The fraction of sp³-hybridized carbons (Fsp3) is 0.586. The van der Waals surface area contributed by atoms with Crippen molar-refractivity contribution in [3.8, 4) is 0 Å². The molecule has 4 aromatic rings. The first kappa shape index (κ1) is 41.7. The Morgan fingerprint density at radius 3 is 1.51 bits per heavy atom. The number of aliphatic imine (C=N–C) groups is 2. The van der Waals surface area contributed by atoms with Crippen LogP contribution < -0.4 is 0 Å². The smallest absolute Gasteiger partial charge is 0.355 e. The molecule has 1 atom stereocenters. The lowest BCUT2D eigenvalue weighted by atomic mass is 10.5. The molecule has 0 aliphatic carbocycles. The van der Waals surface area contributed by atoms with Gasteiger partial charge in [0, 0.05) is 60.6 Å². The fourth-order valence-electron chi connectivity index (χ4n) is 4.21. The maximum absolute atomic E-state index is 11.9. The highest BCUT2D eigenvalue weighted by molar-refractivity contribution is 7.53. The molecular weight excluding hydrogens is 706 g/mol. The van der Waals surface area contributed by atoms with E-state index in [0.29, 0.717) is 53.7 Å². The van der Waals surface area contributed by atoms with E-state index in [1.165, 1.54) is 34.0 Å². The van der Waals surface area contributed by atoms with Crippen molar-refractivity contribution >= 4 is 61.8 Å². The summed E-state index contributed by atoms with van der Waals surface area (Å²) in [7, 11) is -3.00. The molecule has 0 saturated heterocycles. The van der Waals surface area contributed by atoms with Gasteiger partial charge in [-0.15, -0.1) is 0 Å². The van der Waals surface area contributed by atoms with Crippen LogP contribution in [-0.4, -0.2) is 140 Å². The first-order valence-electron chi connectivity index (χ1n) is 16.2. The van der Waals surface area contributed by atoms with E-state index >= 15 is 0 Å². The number of fused-ring (bicyclic) bond motifs is 2. The van der Waals surface area contributed by atoms with Crippen molar-refractivity contribution in [2.75, 3.05) is 73.4 Å². The predicted molar refractivity (Wildman–Crippen MR) is 193 cm³/mol. The molecule has 0 aliphatic rings. The molecule has 0 radical (unpaired) electrons. The summed E-state index contributed by atoms with van der Waals surface area (Å²) in [6, 6.07) is 0. The lowest BCUT2D eigenvalue weighted by Gasteiger charge is -2.13. The van der Waals surface area contributed by atoms with Crippen LogP contribution in [0.5, 0.6) is 0 Å². The standard InChI is InChI=1S/C15H25N6O4P.C14H23N6O4P/c1-5-20(6-2)10-19-14-13-15(17-9-16-14)21(11-18-13)7-8-25-12-26(22,23-3)24-4;1-4-19(5-2)9-18-13-12-14(16-8-15-13)20(10-17-12)6-7-24-11-25(21,22)23-3/h9-11H,5-8,12H2,1-4H3;8-10H,4-7,11H2,1-3H3,(H,21,22). The molecule has 0 bridgehead atoms. The lowest BCUT2D eigenvalue weighted by Crippen LogP contribution is -2.20. The number of imidazole rings is 2. The molecular formula is C29H48N12O8P2. The van der Waals surface area contributed by atoms with Gasteiger partial charge in [-0.05, 0) is 27.7 Å². The number of hydrogen-bond acceptors (Lipinski definition) is 15. The average molecular weight is 755 g/mol. The Hall–Kier alpha value is -3.74. The molecule has 1 unspecified atom stereocenters. The Morgan fingerprint density at radius 2 is 1.12 bits per heavy atom. The zero-order valence-electron chi connectivity index (χ0n) is 30.1. The lowest BCUT2D eigenvalue weighted by molar-refractivity contribution is 0.139. The van der Waals surface area contributed by atoms with Crippen molar-refractivity contribution in [3.05, 3.63) is 25.3 Å². The summed E-state index contributed by atoms with van der Waals surface area (Å²) in [5.41, 5.74) is 2.51. The largest absolute Gasteiger partial charge is 0.367 e. The second kappa shape index (κ2) is 20.9. The highest BCUT2D eigenvalue weighted by Crippen LogP contribution is 2.46. The summed E-state index contributed by atoms with van der Waals surface area (Å²) in [4.78, 5) is 47.7. The van der Waals surface area contributed by atoms with Gasteiger partial charge in [-0.3, -0.25) is 9.13 Å². The van der Waals surface area contributed by atoms with Gasteiger partial charge in [-0.1, -0.05) is 0 Å². The Kier molecular flexibility index (Phi) is 17.1. The van der Waals surface area contributed by atoms with Crippen molar-refractivity contribution in [1.82, 2.24) is 48.8 Å². The molecule has 20 nitrogen and oxygen atoms in total. The molecule has 0 amide bonds. The summed E-state index contributed by atoms with van der Waals surface area (Å²) in [6.07, 6.45) is 9.21. The van der Waals surface area contributed by atoms with Crippen LogP contribution in [0, 0.1) is 0 Å². The molecule has 1 N–H and O–H groups in total. The van der Waals surface area contributed by atoms with E-state index in [9.17, 15) is 14.0 Å². The molecule has 22 heteroatoms. The van der Waals surface area contributed by atoms with E-state index in [1.54, 1.807) is 29.9 Å². The van der Waals surface area contributed by atoms with Crippen LogP contribution in [0.3, 0.4) is 0 Å². The first-order chi connectivity index (χ1) is 24.6. The number of ether oxygens (including phenoxy) is 2. The molecule has 282 valence electrons. The fourth-order valence-corrected chi connectivity index (χ4v) is 5.39. The molecule has 51 heavy (non-hydrogen) atoms. The van der Waals surface area contributed by atoms with Gasteiger partial charge in [0.25, 0.3) is 0 Å². The number of aromatic nitrogens is 8. The Labute approximate surface area is 297 Å². The highest BCUT2D eigenvalue weighted by atomic mass is 31.2. The average Bonchev–Trinajstić information content (AvgIpc) is 3.78. The molecule has 0 fully saturated rings. The van der Waals surface area contributed by atoms with Gasteiger partial charge in [0.1, 0.15) is 25.4 Å². The van der Waals surface area contributed by atoms with Gasteiger partial charge in [0.05, 0.1) is 38.5 Å². The SMILES string of the molecule is CCN(C=Nc1ncnc2c1ncn2CCOCP(=O)(O)OC)CC.CCN(C=Nc1ncnc2c1ncn2CCOCP(=O)(OC)OC)CC. The van der Waals surface area contributed by atoms with Crippen LogP contribution in [0.2, 0.25) is 0 Å². The van der Waals surface area contributed by atoms with Crippen LogP contribution in [0.15, 0.2) is 35.3 Å². The van der Waals surface area contributed by atoms with E-state index in [0.717, 1.165) is 26.2 Å². The highest BCUT2D eigenvalue weighted by Gasteiger charge is 2.21. The molecule has 0 aliphatic heterocycles. The molecule has 0 aromatic carbocycles. The second-order valence-corrected chi connectivity index (χ2v) is 14.5. The quantitative estimate of drug-likeness (QED) is 0.0551. The first-order valence-corrected chi connectivity index (χ1v) is 19.7. The minimum Gasteiger partial charge on any atom is -0.367 e. The van der Waals surface area contributed by atoms with E-state index < -0.39 is 15.2 Å². The van der Waals surface area contributed by atoms with Crippen LogP contribution in [0.1, 0.15) is 27.7 Å².